The fourth-order valence-electron chi connectivity index (χ4n) is 2.92. The largest absolute Gasteiger partial charge is 0.399 e. The van der Waals surface area contributed by atoms with Crippen molar-refractivity contribution in [3.8, 4) is 0 Å². The molecule has 10 heteroatoms. The maximum atomic E-state index is 13.1. The summed E-state index contributed by atoms with van der Waals surface area (Å²) in [5.74, 6) is -0.323. The van der Waals surface area contributed by atoms with Crippen LogP contribution in [0.5, 0.6) is 0 Å². The molecule has 2 aromatic rings. The van der Waals surface area contributed by atoms with Crippen LogP contribution >= 0.6 is 27.5 Å². The molecule has 0 saturated heterocycles. The van der Waals surface area contributed by atoms with Crippen molar-refractivity contribution >= 4 is 61.2 Å². The summed E-state index contributed by atoms with van der Waals surface area (Å²) in [6.07, 6.45) is 1.91. The van der Waals surface area contributed by atoms with E-state index >= 15 is 0 Å². The highest BCUT2D eigenvalue weighted by Crippen LogP contribution is 2.31. The molecule has 0 bridgehead atoms. The topological polar surface area (TPSA) is 113 Å². The lowest BCUT2D eigenvalue weighted by Gasteiger charge is -2.23. The normalized spacial score (nSPS) is 15.9. The van der Waals surface area contributed by atoms with Gasteiger partial charge < -0.3 is 16.4 Å². The number of hydrogen-bond donors (Lipinski definition) is 3. The summed E-state index contributed by atoms with van der Waals surface area (Å²) in [5.41, 5.74) is 7.65. The second kappa shape index (κ2) is 8.15. The van der Waals surface area contributed by atoms with Crippen molar-refractivity contribution in [1.82, 2.24) is 10.3 Å². The maximum Gasteiger partial charge on any atom is 0.253 e. The monoisotopic (exact) mass is 464 g/mol. The summed E-state index contributed by atoms with van der Waals surface area (Å²) in [5, 5.41) is 11.6. The van der Waals surface area contributed by atoms with Crippen LogP contribution in [0.1, 0.15) is 22.3 Å². The van der Waals surface area contributed by atoms with Gasteiger partial charge >= 0.3 is 0 Å². The highest BCUT2D eigenvalue weighted by atomic mass is 79.9. The second-order valence-corrected chi connectivity index (χ2v) is 7.50. The van der Waals surface area contributed by atoms with E-state index in [1.165, 1.54) is 18.1 Å². The number of halogens is 2. The Morgan fingerprint density at radius 3 is 2.82 bits per heavy atom. The predicted octanol–water partition coefficient (Wildman–Crippen LogP) is 2.91. The molecule has 0 spiro atoms. The van der Waals surface area contributed by atoms with Gasteiger partial charge in [-0.1, -0.05) is 11.6 Å². The number of amides is 2. The molecule has 1 aromatic heterocycles. The van der Waals surface area contributed by atoms with Gasteiger partial charge in [0, 0.05) is 25.4 Å². The lowest BCUT2D eigenvalue weighted by molar-refractivity contribution is -0.117. The number of hydrazone groups is 1. The van der Waals surface area contributed by atoms with Crippen molar-refractivity contribution in [1.29, 1.82) is 0 Å². The molecule has 2 amide bonds. The van der Waals surface area contributed by atoms with Crippen LogP contribution in [-0.2, 0) is 4.79 Å². The van der Waals surface area contributed by atoms with Crippen LogP contribution < -0.4 is 21.4 Å². The number of benzene rings is 1. The minimum atomic E-state index is -0.684. The third kappa shape index (κ3) is 3.95. The van der Waals surface area contributed by atoms with E-state index in [-0.39, 0.29) is 17.4 Å². The molecule has 4 N–H and O–H groups in total. The second-order valence-electron chi connectivity index (χ2n) is 6.18. The van der Waals surface area contributed by atoms with Crippen molar-refractivity contribution in [2.45, 2.75) is 19.4 Å². The Morgan fingerprint density at radius 1 is 1.39 bits per heavy atom. The number of aryl methyl sites for hydroxylation is 1. The number of anilines is 3. The third-order valence-electron chi connectivity index (χ3n) is 4.21. The van der Waals surface area contributed by atoms with E-state index in [0.717, 1.165) is 0 Å². The first-order valence-electron chi connectivity index (χ1n) is 8.37. The van der Waals surface area contributed by atoms with Crippen molar-refractivity contribution in [3.05, 3.63) is 46.6 Å². The summed E-state index contributed by atoms with van der Waals surface area (Å²) in [6.45, 7) is 1.77. The van der Waals surface area contributed by atoms with Crippen LogP contribution in [0.2, 0.25) is 5.02 Å². The van der Waals surface area contributed by atoms with E-state index in [1.54, 1.807) is 31.3 Å². The average molecular weight is 466 g/mol. The Labute approximate surface area is 175 Å². The third-order valence-corrected chi connectivity index (χ3v) is 4.99. The SMILES string of the molecule is CNC(=O)c1cc(N)cc(C)c1NC(=O)C1CC(Br)=NN1c1ncccc1Cl. The predicted molar refractivity (Wildman–Crippen MR) is 114 cm³/mol. The van der Waals surface area contributed by atoms with Crippen molar-refractivity contribution in [2.75, 3.05) is 23.1 Å². The summed E-state index contributed by atoms with van der Waals surface area (Å²) in [4.78, 5) is 29.5. The van der Waals surface area contributed by atoms with Gasteiger partial charge in [-0.3, -0.25) is 9.59 Å². The van der Waals surface area contributed by atoms with Crippen LogP contribution in [0.15, 0.2) is 35.6 Å². The Morgan fingerprint density at radius 2 is 2.14 bits per heavy atom. The van der Waals surface area contributed by atoms with Gasteiger partial charge in [0.2, 0.25) is 5.91 Å². The Balaban J connectivity index is 1.93. The van der Waals surface area contributed by atoms with E-state index in [1.807, 2.05) is 0 Å². The number of carbonyl (C=O) groups is 2. The molecule has 0 aliphatic carbocycles. The van der Waals surface area contributed by atoms with Crippen molar-refractivity contribution < 1.29 is 9.59 Å². The smallest absolute Gasteiger partial charge is 0.253 e. The lowest BCUT2D eigenvalue weighted by atomic mass is 10.0. The number of hydrogen-bond acceptors (Lipinski definition) is 6. The van der Waals surface area contributed by atoms with Crippen LogP contribution in [0, 0.1) is 6.92 Å². The minimum absolute atomic E-state index is 0.286. The molecule has 1 aliphatic rings. The molecule has 0 radical (unpaired) electrons. The number of carbonyl (C=O) groups excluding carboxylic acids is 2. The zero-order valence-electron chi connectivity index (χ0n) is 15.2. The molecule has 146 valence electrons. The summed E-state index contributed by atoms with van der Waals surface area (Å²) in [6, 6.07) is 5.90. The fourth-order valence-corrected chi connectivity index (χ4v) is 3.61. The lowest BCUT2D eigenvalue weighted by Crippen LogP contribution is -2.39. The molecule has 0 fully saturated rings. The molecule has 0 saturated carbocycles. The van der Waals surface area contributed by atoms with Gasteiger partial charge in [-0.05, 0) is 52.7 Å². The van der Waals surface area contributed by atoms with Gasteiger partial charge in [0.1, 0.15) is 10.7 Å². The highest BCUT2D eigenvalue weighted by Gasteiger charge is 2.35. The Hall–Kier alpha value is -2.65. The average Bonchev–Trinajstić information content (AvgIpc) is 3.05. The first-order valence-corrected chi connectivity index (χ1v) is 9.54. The summed E-state index contributed by atoms with van der Waals surface area (Å²) in [7, 11) is 1.51. The molecular formula is C18H18BrClN6O2. The van der Waals surface area contributed by atoms with E-state index in [4.69, 9.17) is 17.3 Å². The zero-order chi connectivity index (χ0) is 20.4. The van der Waals surface area contributed by atoms with Gasteiger partial charge in [0.25, 0.3) is 5.91 Å². The van der Waals surface area contributed by atoms with E-state index in [2.05, 4.69) is 36.6 Å². The molecule has 1 atom stereocenters. The molecule has 2 heterocycles. The van der Waals surface area contributed by atoms with Crippen LogP contribution in [0.4, 0.5) is 17.2 Å². The highest BCUT2D eigenvalue weighted by molar-refractivity contribution is 9.18. The number of rotatable bonds is 4. The van der Waals surface area contributed by atoms with Gasteiger partial charge in [-0.25, -0.2) is 9.99 Å². The van der Waals surface area contributed by atoms with Gasteiger partial charge in [-0.15, -0.1) is 0 Å². The molecule has 3 rings (SSSR count). The van der Waals surface area contributed by atoms with Crippen molar-refractivity contribution in [3.63, 3.8) is 0 Å². The number of nitrogens with one attached hydrogen (secondary N) is 2. The molecule has 1 aromatic carbocycles. The minimum Gasteiger partial charge on any atom is -0.399 e. The van der Waals surface area contributed by atoms with Crippen LogP contribution in [0.25, 0.3) is 0 Å². The Bertz CT molecular complexity index is 981. The van der Waals surface area contributed by atoms with Gasteiger partial charge in [0.15, 0.2) is 5.82 Å². The van der Waals surface area contributed by atoms with Crippen LogP contribution in [-0.4, -0.2) is 34.5 Å². The molecule has 1 unspecified atom stereocenters. The number of nitrogens with two attached hydrogens (primary N) is 1. The number of nitrogens with zero attached hydrogens (tertiary/aromatic N) is 3. The van der Waals surface area contributed by atoms with Gasteiger partial charge in [0.05, 0.1) is 16.3 Å². The van der Waals surface area contributed by atoms with E-state index in [9.17, 15) is 9.59 Å². The maximum absolute atomic E-state index is 13.1. The summed E-state index contributed by atoms with van der Waals surface area (Å²) < 4.78 is 0.593. The van der Waals surface area contributed by atoms with E-state index in [0.29, 0.717) is 38.8 Å². The number of nitrogen functional groups attached to an aromatic ring is 1. The molecule has 28 heavy (non-hydrogen) atoms. The van der Waals surface area contributed by atoms with Crippen molar-refractivity contribution in [2.24, 2.45) is 5.10 Å². The quantitative estimate of drug-likeness (QED) is 0.601. The fraction of sp³-hybridized carbons (Fsp3) is 0.222. The number of aromatic nitrogens is 1. The first-order chi connectivity index (χ1) is 13.3. The standard InChI is InChI=1S/C18H18BrClN6O2/c1-9-6-10(21)7-11(17(27)22-2)15(9)24-18(28)13-8-14(19)25-26(13)16-12(20)4-3-5-23-16/h3-7,13H,8,21H2,1-2H3,(H,22,27)(H,24,28). The summed E-state index contributed by atoms with van der Waals surface area (Å²) >= 11 is 9.57. The van der Waals surface area contributed by atoms with Crippen LogP contribution in [0.3, 0.4) is 0 Å². The number of pyridine rings is 1. The molecule has 8 nitrogen and oxygen atoms in total. The van der Waals surface area contributed by atoms with Gasteiger partial charge in [-0.2, -0.15) is 5.10 Å². The zero-order valence-corrected chi connectivity index (χ0v) is 17.5. The van der Waals surface area contributed by atoms with E-state index < -0.39 is 6.04 Å². The Kier molecular flexibility index (Phi) is 5.85. The first kappa shape index (κ1) is 20.1. The molecule has 1 aliphatic heterocycles. The molecular weight excluding hydrogens is 448 g/mol.